The summed E-state index contributed by atoms with van der Waals surface area (Å²) in [6, 6.07) is 13.0. The predicted octanol–water partition coefficient (Wildman–Crippen LogP) is 2.58. The van der Waals surface area contributed by atoms with E-state index in [2.05, 4.69) is 25.7 Å². The van der Waals surface area contributed by atoms with Gasteiger partial charge in [0.15, 0.2) is 5.69 Å². The van der Waals surface area contributed by atoms with Crippen LogP contribution < -0.4 is 15.4 Å². The van der Waals surface area contributed by atoms with Crippen molar-refractivity contribution in [3.8, 4) is 5.75 Å². The standard InChI is InChI=1S/C24H27N5O3/c1-32-18-5-2-15(3-6-18)12-22(30)25-17-4-7-20-19(13-17)23(28-27-20)24(31)26-21-14-29-10-8-16(21)9-11-29/h2-7,13,16,21H,8-12,14H2,1H3,(H,25,30)(H,26,31)(H,27,28)/t21-/m1/s1. The van der Waals surface area contributed by atoms with E-state index in [0.717, 1.165) is 49.3 Å². The van der Waals surface area contributed by atoms with Crippen LogP contribution in [0.5, 0.6) is 5.75 Å². The zero-order valence-corrected chi connectivity index (χ0v) is 18.1. The Hall–Kier alpha value is -3.39. The smallest absolute Gasteiger partial charge is 0.272 e. The quantitative estimate of drug-likeness (QED) is 0.555. The molecule has 0 radical (unpaired) electrons. The van der Waals surface area contributed by atoms with Gasteiger partial charge in [0.05, 0.1) is 19.0 Å². The lowest BCUT2D eigenvalue weighted by Gasteiger charge is -2.44. The summed E-state index contributed by atoms with van der Waals surface area (Å²) < 4.78 is 5.15. The number of hydrogen-bond donors (Lipinski definition) is 3. The summed E-state index contributed by atoms with van der Waals surface area (Å²) in [4.78, 5) is 27.9. The van der Waals surface area contributed by atoms with E-state index in [0.29, 0.717) is 22.7 Å². The normalized spacial score (nSPS) is 22.0. The number of piperidine rings is 3. The number of hydrogen-bond acceptors (Lipinski definition) is 5. The number of carbonyl (C=O) groups is 2. The Kier molecular flexibility index (Phi) is 5.53. The molecule has 4 heterocycles. The van der Waals surface area contributed by atoms with Crippen LogP contribution in [0.2, 0.25) is 0 Å². The fourth-order valence-electron chi connectivity index (χ4n) is 4.76. The number of carbonyl (C=O) groups excluding carboxylic acids is 2. The fourth-order valence-corrected chi connectivity index (χ4v) is 4.76. The maximum absolute atomic E-state index is 13.0. The highest BCUT2D eigenvalue weighted by Gasteiger charge is 2.35. The van der Waals surface area contributed by atoms with Crippen molar-refractivity contribution in [2.45, 2.75) is 25.3 Å². The number of anilines is 1. The number of ether oxygens (including phenoxy) is 1. The van der Waals surface area contributed by atoms with Crippen LogP contribution in [0.3, 0.4) is 0 Å². The second-order valence-corrected chi connectivity index (χ2v) is 8.62. The van der Waals surface area contributed by atoms with Gasteiger partial charge in [-0.05, 0) is 67.7 Å². The summed E-state index contributed by atoms with van der Waals surface area (Å²) >= 11 is 0. The lowest BCUT2D eigenvalue weighted by Crippen LogP contribution is -2.57. The maximum Gasteiger partial charge on any atom is 0.272 e. The number of fused-ring (bicyclic) bond motifs is 4. The Labute approximate surface area is 186 Å². The minimum absolute atomic E-state index is 0.128. The van der Waals surface area contributed by atoms with Crippen molar-refractivity contribution in [1.82, 2.24) is 20.4 Å². The SMILES string of the molecule is COc1ccc(CC(=O)Nc2ccc3[nH]nc(C(=O)N[C@@H]4CN5CCC4CC5)c3c2)cc1. The van der Waals surface area contributed by atoms with Gasteiger partial charge in [-0.2, -0.15) is 5.10 Å². The zero-order chi connectivity index (χ0) is 22.1. The van der Waals surface area contributed by atoms with E-state index in [1.807, 2.05) is 36.4 Å². The van der Waals surface area contributed by atoms with E-state index in [4.69, 9.17) is 4.74 Å². The first-order valence-corrected chi connectivity index (χ1v) is 11.0. The van der Waals surface area contributed by atoms with Crippen molar-refractivity contribution in [2.75, 3.05) is 32.1 Å². The van der Waals surface area contributed by atoms with Gasteiger partial charge in [-0.15, -0.1) is 0 Å². The third-order valence-corrected chi connectivity index (χ3v) is 6.56. The average molecular weight is 434 g/mol. The molecule has 3 aliphatic heterocycles. The van der Waals surface area contributed by atoms with Gasteiger partial charge in [-0.3, -0.25) is 14.7 Å². The summed E-state index contributed by atoms with van der Waals surface area (Å²) in [5, 5.41) is 14.0. The number of H-pyrrole nitrogens is 1. The van der Waals surface area contributed by atoms with Crippen LogP contribution in [0.1, 0.15) is 28.9 Å². The van der Waals surface area contributed by atoms with Gasteiger partial charge in [0.2, 0.25) is 5.91 Å². The van der Waals surface area contributed by atoms with E-state index in [9.17, 15) is 9.59 Å². The van der Waals surface area contributed by atoms with Gasteiger partial charge in [-0.25, -0.2) is 0 Å². The molecule has 2 aromatic carbocycles. The Morgan fingerprint density at radius 1 is 1.16 bits per heavy atom. The highest BCUT2D eigenvalue weighted by molar-refractivity contribution is 6.06. The highest BCUT2D eigenvalue weighted by Crippen LogP contribution is 2.28. The van der Waals surface area contributed by atoms with Gasteiger partial charge < -0.3 is 20.3 Å². The molecule has 3 N–H and O–H groups in total. The molecule has 1 atom stereocenters. The number of benzene rings is 2. The molecule has 32 heavy (non-hydrogen) atoms. The van der Waals surface area contributed by atoms with Crippen molar-refractivity contribution >= 4 is 28.4 Å². The first-order valence-electron chi connectivity index (χ1n) is 11.0. The van der Waals surface area contributed by atoms with Crippen molar-refractivity contribution in [1.29, 1.82) is 0 Å². The maximum atomic E-state index is 13.0. The summed E-state index contributed by atoms with van der Waals surface area (Å²) in [6.45, 7) is 3.16. The molecule has 8 heteroatoms. The van der Waals surface area contributed by atoms with Crippen LogP contribution in [0.15, 0.2) is 42.5 Å². The molecule has 2 amide bonds. The average Bonchev–Trinajstić information content (AvgIpc) is 3.24. The van der Waals surface area contributed by atoms with Gasteiger partial charge in [0.1, 0.15) is 5.75 Å². The molecule has 6 rings (SSSR count). The summed E-state index contributed by atoms with van der Waals surface area (Å²) in [6.07, 6.45) is 2.52. The van der Waals surface area contributed by atoms with Gasteiger partial charge in [0, 0.05) is 23.7 Å². The van der Waals surface area contributed by atoms with E-state index in [1.54, 1.807) is 13.2 Å². The van der Waals surface area contributed by atoms with E-state index < -0.39 is 0 Å². The number of rotatable bonds is 6. The van der Waals surface area contributed by atoms with Crippen LogP contribution in [0.25, 0.3) is 10.9 Å². The second kappa shape index (κ2) is 8.63. The van der Waals surface area contributed by atoms with Crippen LogP contribution >= 0.6 is 0 Å². The molecule has 0 spiro atoms. The lowest BCUT2D eigenvalue weighted by molar-refractivity contribution is -0.115. The Morgan fingerprint density at radius 3 is 2.62 bits per heavy atom. The molecule has 0 aliphatic carbocycles. The van der Waals surface area contributed by atoms with Crippen LogP contribution in [-0.4, -0.2) is 59.7 Å². The minimum atomic E-state index is -0.170. The first kappa shape index (κ1) is 20.5. The number of nitrogens with one attached hydrogen (secondary N) is 3. The molecule has 3 saturated heterocycles. The molecule has 8 nitrogen and oxygen atoms in total. The number of nitrogens with zero attached hydrogens (tertiary/aromatic N) is 2. The van der Waals surface area contributed by atoms with E-state index in [-0.39, 0.29) is 24.3 Å². The predicted molar refractivity (Wildman–Crippen MR) is 122 cm³/mol. The van der Waals surface area contributed by atoms with Crippen molar-refractivity contribution in [3.05, 3.63) is 53.7 Å². The van der Waals surface area contributed by atoms with Crippen molar-refractivity contribution < 1.29 is 14.3 Å². The van der Waals surface area contributed by atoms with Gasteiger partial charge >= 0.3 is 0 Å². The number of aromatic amines is 1. The van der Waals surface area contributed by atoms with Gasteiger partial charge in [-0.1, -0.05) is 12.1 Å². The molecule has 3 aromatic rings. The minimum Gasteiger partial charge on any atom is -0.497 e. The van der Waals surface area contributed by atoms with E-state index in [1.165, 1.54) is 0 Å². The Balaban J connectivity index is 1.27. The highest BCUT2D eigenvalue weighted by atomic mass is 16.5. The molecule has 0 saturated carbocycles. The Bertz CT molecular complexity index is 1130. The van der Waals surface area contributed by atoms with Crippen molar-refractivity contribution in [3.63, 3.8) is 0 Å². The molecular weight excluding hydrogens is 406 g/mol. The fraction of sp³-hybridized carbons (Fsp3) is 0.375. The van der Waals surface area contributed by atoms with Crippen LogP contribution in [-0.2, 0) is 11.2 Å². The monoisotopic (exact) mass is 433 g/mol. The van der Waals surface area contributed by atoms with Crippen LogP contribution in [0.4, 0.5) is 5.69 Å². The number of methoxy groups -OCH3 is 1. The summed E-state index contributed by atoms with van der Waals surface area (Å²) in [7, 11) is 1.61. The second-order valence-electron chi connectivity index (χ2n) is 8.62. The molecule has 0 unspecified atom stereocenters. The molecule has 3 aliphatic rings. The van der Waals surface area contributed by atoms with Crippen LogP contribution in [0, 0.1) is 5.92 Å². The molecule has 2 bridgehead atoms. The molecular formula is C24H27N5O3. The molecule has 166 valence electrons. The topological polar surface area (TPSA) is 99.3 Å². The molecule has 1 aromatic heterocycles. The summed E-state index contributed by atoms with van der Waals surface area (Å²) in [5.74, 6) is 0.999. The van der Waals surface area contributed by atoms with E-state index >= 15 is 0 Å². The zero-order valence-electron chi connectivity index (χ0n) is 18.1. The third kappa shape index (κ3) is 4.18. The largest absolute Gasteiger partial charge is 0.497 e. The van der Waals surface area contributed by atoms with Gasteiger partial charge in [0.25, 0.3) is 5.91 Å². The summed E-state index contributed by atoms with van der Waals surface area (Å²) in [5.41, 5.74) is 2.65. The van der Waals surface area contributed by atoms with Crippen molar-refractivity contribution in [2.24, 2.45) is 5.92 Å². The number of aromatic nitrogens is 2. The number of amides is 2. The first-order chi connectivity index (χ1) is 15.6. The third-order valence-electron chi connectivity index (χ3n) is 6.56. The lowest BCUT2D eigenvalue weighted by atomic mass is 9.84. The molecule has 3 fully saturated rings. The Morgan fingerprint density at radius 2 is 1.94 bits per heavy atom.